The maximum Gasteiger partial charge on any atom is 0.311 e. The van der Waals surface area contributed by atoms with E-state index >= 15 is 0 Å². The lowest BCUT2D eigenvalue weighted by atomic mass is 9.85. The molecule has 0 aromatic carbocycles. The monoisotopic (exact) mass is 198 g/mol. The van der Waals surface area contributed by atoms with Gasteiger partial charge in [-0.15, -0.1) is 0 Å². The molecule has 2 unspecified atom stereocenters. The molecule has 2 atom stereocenters. The van der Waals surface area contributed by atoms with Crippen molar-refractivity contribution in [3.05, 3.63) is 12.2 Å². The molecule has 0 fully saturated rings. The quantitative estimate of drug-likeness (QED) is 0.659. The molecule has 2 N–H and O–H groups in total. The minimum atomic E-state index is -1.05. The van der Waals surface area contributed by atoms with Gasteiger partial charge in [-0.25, -0.2) is 0 Å². The van der Waals surface area contributed by atoms with Crippen molar-refractivity contribution in [3.63, 3.8) is 0 Å². The fourth-order valence-corrected chi connectivity index (χ4v) is 1.71. The molecule has 0 aliphatic heterocycles. The molecule has 4 nitrogen and oxygen atoms in total. The molecular weight excluding hydrogens is 184 g/mol. The van der Waals surface area contributed by atoms with Gasteiger partial charge in [-0.1, -0.05) is 18.6 Å². The van der Waals surface area contributed by atoms with Gasteiger partial charge in [0.15, 0.2) is 0 Å². The number of carboxylic acid groups (broad SMARTS) is 2. The number of aliphatic carboxylic acids is 2. The Morgan fingerprint density at radius 2 is 1.86 bits per heavy atom. The molecule has 0 heterocycles. The molecular formula is C10H14O4. The Balaban J connectivity index is 2.83. The van der Waals surface area contributed by atoms with E-state index in [1.54, 1.807) is 6.08 Å². The molecule has 1 aliphatic carbocycles. The summed E-state index contributed by atoms with van der Waals surface area (Å²) in [5, 5.41) is 17.7. The average molecular weight is 198 g/mol. The van der Waals surface area contributed by atoms with Crippen molar-refractivity contribution in [1.29, 1.82) is 0 Å². The summed E-state index contributed by atoms with van der Waals surface area (Å²) in [4.78, 5) is 21.7. The van der Waals surface area contributed by atoms with Crippen LogP contribution in [0.5, 0.6) is 0 Å². The minimum Gasteiger partial charge on any atom is -0.481 e. The first kappa shape index (κ1) is 10.8. The van der Waals surface area contributed by atoms with E-state index in [1.165, 1.54) is 6.08 Å². The normalized spacial score (nSPS) is 30.0. The Hall–Kier alpha value is -1.32. The van der Waals surface area contributed by atoms with E-state index in [1.807, 2.05) is 0 Å². The molecule has 78 valence electrons. The zero-order chi connectivity index (χ0) is 10.6. The molecule has 0 amide bonds. The highest BCUT2D eigenvalue weighted by molar-refractivity contribution is 5.81. The van der Waals surface area contributed by atoms with Crippen LogP contribution in [0.1, 0.15) is 25.7 Å². The summed E-state index contributed by atoms with van der Waals surface area (Å²) in [7, 11) is 0. The number of carboxylic acids is 2. The van der Waals surface area contributed by atoms with Crippen LogP contribution in [0.2, 0.25) is 0 Å². The number of allylic oxidation sites excluding steroid dienone is 1. The number of hydrogen-bond acceptors (Lipinski definition) is 2. The van der Waals surface area contributed by atoms with Gasteiger partial charge >= 0.3 is 11.9 Å². The van der Waals surface area contributed by atoms with Crippen LogP contribution in [-0.4, -0.2) is 22.2 Å². The first-order chi connectivity index (χ1) is 6.63. The Morgan fingerprint density at radius 3 is 2.43 bits per heavy atom. The van der Waals surface area contributed by atoms with E-state index in [9.17, 15) is 9.59 Å². The molecule has 0 spiro atoms. The van der Waals surface area contributed by atoms with Crippen LogP contribution in [0, 0.1) is 11.8 Å². The fraction of sp³-hybridized carbons (Fsp3) is 0.600. The highest BCUT2D eigenvalue weighted by Gasteiger charge is 2.31. The summed E-state index contributed by atoms with van der Waals surface area (Å²) in [5.74, 6) is -3.70. The van der Waals surface area contributed by atoms with Gasteiger partial charge in [0, 0.05) is 0 Å². The third-order valence-electron chi connectivity index (χ3n) is 2.52. The molecule has 0 aromatic heterocycles. The second-order valence-corrected chi connectivity index (χ2v) is 3.52. The molecule has 0 radical (unpaired) electrons. The summed E-state index contributed by atoms with van der Waals surface area (Å²) >= 11 is 0. The van der Waals surface area contributed by atoms with Crippen molar-refractivity contribution in [2.75, 3.05) is 0 Å². The maximum absolute atomic E-state index is 10.8. The van der Waals surface area contributed by atoms with E-state index in [-0.39, 0.29) is 0 Å². The first-order valence-corrected chi connectivity index (χ1v) is 4.75. The lowest BCUT2D eigenvalue weighted by Crippen LogP contribution is -2.29. The third-order valence-corrected chi connectivity index (χ3v) is 2.52. The zero-order valence-corrected chi connectivity index (χ0v) is 7.85. The lowest BCUT2D eigenvalue weighted by Gasteiger charge is -2.18. The Bertz CT molecular complexity index is 257. The van der Waals surface area contributed by atoms with Crippen LogP contribution in [0.4, 0.5) is 0 Å². The van der Waals surface area contributed by atoms with Crippen molar-refractivity contribution < 1.29 is 19.8 Å². The highest BCUT2D eigenvalue weighted by atomic mass is 16.4. The average Bonchev–Trinajstić information content (AvgIpc) is 2.01. The number of rotatable bonds is 2. The predicted octanol–water partition coefficient (Wildman–Crippen LogP) is 1.52. The second kappa shape index (κ2) is 4.79. The van der Waals surface area contributed by atoms with E-state index in [4.69, 9.17) is 10.2 Å². The van der Waals surface area contributed by atoms with Gasteiger partial charge in [0.1, 0.15) is 0 Å². The van der Waals surface area contributed by atoms with Crippen LogP contribution in [-0.2, 0) is 9.59 Å². The number of carbonyl (C=O) groups is 2. The smallest absolute Gasteiger partial charge is 0.311 e. The van der Waals surface area contributed by atoms with Crippen LogP contribution in [0.15, 0.2) is 12.2 Å². The van der Waals surface area contributed by atoms with Gasteiger partial charge < -0.3 is 10.2 Å². The van der Waals surface area contributed by atoms with Crippen LogP contribution < -0.4 is 0 Å². The van der Waals surface area contributed by atoms with E-state index < -0.39 is 23.8 Å². The van der Waals surface area contributed by atoms with Gasteiger partial charge in [0.05, 0.1) is 11.8 Å². The Kier molecular flexibility index (Phi) is 3.68. The Labute approximate surface area is 82.2 Å². The third kappa shape index (κ3) is 2.58. The van der Waals surface area contributed by atoms with Crippen molar-refractivity contribution in [2.45, 2.75) is 25.7 Å². The summed E-state index contributed by atoms with van der Waals surface area (Å²) in [6.07, 6.45) is 6.30. The van der Waals surface area contributed by atoms with E-state index in [0.29, 0.717) is 6.42 Å². The summed E-state index contributed by atoms with van der Waals surface area (Å²) in [6.45, 7) is 0. The molecule has 1 rings (SSSR count). The van der Waals surface area contributed by atoms with Gasteiger partial charge in [-0.05, 0) is 19.3 Å². The van der Waals surface area contributed by atoms with Gasteiger partial charge in [-0.3, -0.25) is 9.59 Å². The SMILES string of the molecule is O=C(O)C1/C=C\CCCCC1C(=O)O. The molecule has 0 aromatic rings. The Morgan fingerprint density at radius 1 is 1.14 bits per heavy atom. The fourth-order valence-electron chi connectivity index (χ4n) is 1.71. The summed E-state index contributed by atoms with van der Waals surface area (Å²) in [6, 6.07) is 0. The van der Waals surface area contributed by atoms with E-state index in [2.05, 4.69) is 0 Å². The van der Waals surface area contributed by atoms with Gasteiger partial charge in [0.2, 0.25) is 0 Å². The summed E-state index contributed by atoms with van der Waals surface area (Å²) in [5.41, 5.74) is 0. The van der Waals surface area contributed by atoms with Gasteiger partial charge in [-0.2, -0.15) is 0 Å². The molecule has 4 heteroatoms. The van der Waals surface area contributed by atoms with Crippen molar-refractivity contribution in [2.24, 2.45) is 11.8 Å². The molecule has 0 saturated heterocycles. The minimum absolute atomic E-state index is 0.455. The topological polar surface area (TPSA) is 74.6 Å². The van der Waals surface area contributed by atoms with Crippen molar-refractivity contribution in [1.82, 2.24) is 0 Å². The molecule has 1 aliphatic rings. The first-order valence-electron chi connectivity index (χ1n) is 4.75. The second-order valence-electron chi connectivity index (χ2n) is 3.52. The van der Waals surface area contributed by atoms with Crippen molar-refractivity contribution >= 4 is 11.9 Å². The highest BCUT2D eigenvalue weighted by Crippen LogP contribution is 2.24. The zero-order valence-electron chi connectivity index (χ0n) is 7.85. The molecule has 0 bridgehead atoms. The van der Waals surface area contributed by atoms with E-state index in [0.717, 1.165) is 19.3 Å². The predicted molar refractivity (Wildman–Crippen MR) is 49.9 cm³/mol. The number of hydrogen-bond donors (Lipinski definition) is 2. The van der Waals surface area contributed by atoms with Crippen LogP contribution in [0.3, 0.4) is 0 Å². The van der Waals surface area contributed by atoms with Crippen LogP contribution >= 0.6 is 0 Å². The molecule has 14 heavy (non-hydrogen) atoms. The largest absolute Gasteiger partial charge is 0.481 e. The van der Waals surface area contributed by atoms with Crippen LogP contribution in [0.25, 0.3) is 0 Å². The molecule has 0 saturated carbocycles. The van der Waals surface area contributed by atoms with Gasteiger partial charge in [0.25, 0.3) is 0 Å². The standard InChI is InChI=1S/C10H14O4/c11-9(12)7-5-3-1-2-4-6-8(7)10(13)14/h3,5,7-8H,1-2,4,6H2,(H,11,12)(H,13,14)/b5-3-. The summed E-state index contributed by atoms with van der Waals surface area (Å²) < 4.78 is 0. The lowest BCUT2D eigenvalue weighted by molar-refractivity contribution is -0.152. The van der Waals surface area contributed by atoms with Crippen molar-refractivity contribution in [3.8, 4) is 0 Å². The maximum atomic E-state index is 10.8.